The molecule has 1 rings (SSSR count). The highest BCUT2D eigenvalue weighted by atomic mass is 16.5. The van der Waals surface area contributed by atoms with E-state index in [1.807, 2.05) is 0 Å². The molecule has 1 aromatic carbocycles. The molecule has 0 spiro atoms. The number of aliphatic hydroxyl groups excluding tert-OH is 2. The third-order valence-corrected chi connectivity index (χ3v) is 2.62. The number of esters is 1. The second-order valence-electron chi connectivity index (χ2n) is 3.93. The lowest BCUT2D eigenvalue weighted by atomic mass is 10.1. The van der Waals surface area contributed by atoms with Crippen LogP contribution in [0.5, 0.6) is 0 Å². The summed E-state index contributed by atoms with van der Waals surface area (Å²) in [6, 6.07) is 4.84. The Morgan fingerprint density at radius 2 is 1.95 bits per heavy atom. The Balaban J connectivity index is 2.94. The Morgan fingerprint density at radius 3 is 2.42 bits per heavy atom. The summed E-state index contributed by atoms with van der Waals surface area (Å²) in [5.74, 6) is -0.420. The highest BCUT2D eigenvalue weighted by Gasteiger charge is 2.13. The smallest absolute Gasteiger partial charge is 0.338 e. The molecular weight excluding hydrogens is 248 g/mol. The van der Waals surface area contributed by atoms with Crippen LogP contribution in [0.15, 0.2) is 18.2 Å². The molecule has 0 aliphatic heterocycles. The topological polar surface area (TPSA) is 96.0 Å². The SMILES string of the molecule is CCOC(=O)c1ccc(N(CCO)CCO)c(N)c1. The van der Waals surface area contributed by atoms with Gasteiger partial charge in [-0.2, -0.15) is 0 Å². The van der Waals surface area contributed by atoms with Crippen molar-refractivity contribution >= 4 is 17.3 Å². The number of carbonyl (C=O) groups is 1. The minimum Gasteiger partial charge on any atom is -0.462 e. The first-order chi connectivity index (χ1) is 9.13. The van der Waals surface area contributed by atoms with Crippen molar-refractivity contribution in [2.75, 3.05) is 43.5 Å². The minimum absolute atomic E-state index is 0.0426. The zero-order chi connectivity index (χ0) is 14.3. The van der Waals surface area contributed by atoms with Gasteiger partial charge in [-0.25, -0.2) is 4.79 Å². The maximum absolute atomic E-state index is 11.6. The molecule has 6 heteroatoms. The van der Waals surface area contributed by atoms with E-state index in [1.54, 1.807) is 24.0 Å². The molecule has 0 bridgehead atoms. The zero-order valence-electron chi connectivity index (χ0n) is 11.0. The Morgan fingerprint density at radius 1 is 1.32 bits per heavy atom. The van der Waals surface area contributed by atoms with Crippen LogP contribution in [0.1, 0.15) is 17.3 Å². The molecule has 0 amide bonds. The summed E-state index contributed by atoms with van der Waals surface area (Å²) < 4.78 is 4.89. The number of nitrogen functional groups attached to an aromatic ring is 1. The molecule has 4 N–H and O–H groups in total. The first-order valence-electron chi connectivity index (χ1n) is 6.17. The van der Waals surface area contributed by atoms with Gasteiger partial charge in [0.1, 0.15) is 0 Å². The van der Waals surface area contributed by atoms with Gasteiger partial charge in [-0.1, -0.05) is 0 Å². The Hall–Kier alpha value is -1.79. The van der Waals surface area contributed by atoms with Crippen LogP contribution in [0, 0.1) is 0 Å². The quantitative estimate of drug-likeness (QED) is 0.484. The number of hydrogen-bond acceptors (Lipinski definition) is 6. The van der Waals surface area contributed by atoms with Gasteiger partial charge in [0.2, 0.25) is 0 Å². The number of rotatable bonds is 7. The number of benzene rings is 1. The van der Waals surface area contributed by atoms with E-state index in [9.17, 15) is 4.79 Å². The molecule has 6 nitrogen and oxygen atoms in total. The van der Waals surface area contributed by atoms with E-state index >= 15 is 0 Å². The van der Waals surface area contributed by atoms with Crippen LogP contribution >= 0.6 is 0 Å². The van der Waals surface area contributed by atoms with Crippen molar-refractivity contribution in [3.8, 4) is 0 Å². The van der Waals surface area contributed by atoms with Gasteiger partial charge in [0.25, 0.3) is 0 Å². The molecule has 0 radical (unpaired) electrons. The van der Waals surface area contributed by atoms with Crippen molar-refractivity contribution in [2.45, 2.75) is 6.92 Å². The van der Waals surface area contributed by atoms with Gasteiger partial charge in [0, 0.05) is 13.1 Å². The fourth-order valence-corrected chi connectivity index (χ4v) is 1.78. The number of nitrogens with two attached hydrogens (primary N) is 1. The molecule has 0 atom stereocenters. The molecule has 0 saturated carbocycles. The lowest BCUT2D eigenvalue weighted by Gasteiger charge is -2.24. The number of hydrogen-bond donors (Lipinski definition) is 3. The summed E-state index contributed by atoms with van der Waals surface area (Å²) in [7, 11) is 0. The molecule has 0 unspecified atom stereocenters. The lowest BCUT2D eigenvalue weighted by molar-refractivity contribution is 0.0526. The number of anilines is 2. The van der Waals surface area contributed by atoms with Crippen LogP contribution in [0.2, 0.25) is 0 Å². The van der Waals surface area contributed by atoms with Crippen molar-refractivity contribution < 1.29 is 19.7 Å². The highest BCUT2D eigenvalue weighted by molar-refractivity contribution is 5.92. The van der Waals surface area contributed by atoms with Crippen molar-refractivity contribution in [1.29, 1.82) is 0 Å². The van der Waals surface area contributed by atoms with Crippen LogP contribution in [-0.2, 0) is 4.74 Å². The first-order valence-corrected chi connectivity index (χ1v) is 6.17. The van der Waals surface area contributed by atoms with E-state index in [1.165, 1.54) is 6.07 Å². The molecule has 19 heavy (non-hydrogen) atoms. The van der Waals surface area contributed by atoms with Crippen molar-refractivity contribution in [2.24, 2.45) is 0 Å². The Bertz CT molecular complexity index is 417. The molecule has 106 valence electrons. The Labute approximate surface area is 112 Å². The third kappa shape index (κ3) is 4.11. The van der Waals surface area contributed by atoms with Crippen LogP contribution in [0.25, 0.3) is 0 Å². The predicted octanol–water partition coefficient (Wildman–Crippen LogP) is 0.237. The van der Waals surface area contributed by atoms with Gasteiger partial charge in [0.05, 0.1) is 36.8 Å². The fourth-order valence-electron chi connectivity index (χ4n) is 1.78. The predicted molar refractivity (Wildman–Crippen MR) is 73.2 cm³/mol. The van der Waals surface area contributed by atoms with E-state index in [-0.39, 0.29) is 13.2 Å². The molecule has 0 heterocycles. The molecule has 0 aliphatic rings. The van der Waals surface area contributed by atoms with Gasteiger partial charge in [-0.3, -0.25) is 0 Å². The van der Waals surface area contributed by atoms with Gasteiger partial charge < -0.3 is 25.6 Å². The normalized spacial score (nSPS) is 10.3. The number of nitrogens with zero attached hydrogens (tertiary/aromatic N) is 1. The summed E-state index contributed by atoms with van der Waals surface area (Å²) in [6.07, 6.45) is 0. The average Bonchev–Trinajstić information content (AvgIpc) is 2.39. The van der Waals surface area contributed by atoms with Crippen molar-refractivity contribution in [3.63, 3.8) is 0 Å². The maximum Gasteiger partial charge on any atom is 0.338 e. The molecule has 0 fully saturated rings. The molecule has 0 saturated heterocycles. The van der Waals surface area contributed by atoms with Crippen LogP contribution in [-0.4, -0.2) is 49.1 Å². The summed E-state index contributed by atoms with van der Waals surface area (Å²) >= 11 is 0. The maximum atomic E-state index is 11.6. The Kier molecular flexibility index (Phi) is 6.11. The fraction of sp³-hybridized carbons (Fsp3) is 0.462. The molecular formula is C13H20N2O4. The van der Waals surface area contributed by atoms with Crippen LogP contribution < -0.4 is 10.6 Å². The monoisotopic (exact) mass is 268 g/mol. The summed E-state index contributed by atoms with van der Waals surface area (Å²) in [5, 5.41) is 18.0. The minimum atomic E-state index is -0.420. The average molecular weight is 268 g/mol. The largest absolute Gasteiger partial charge is 0.462 e. The van der Waals surface area contributed by atoms with Crippen LogP contribution in [0.3, 0.4) is 0 Å². The number of carbonyl (C=O) groups excluding carboxylic acids is 1. The molecule has 0 aromatic heterocycles. The lowest BCUT2D eigenvalue weighted by Crippen LogP contribution is -2.30. The molecule has 1 aromatic rings. The summed E-state index contributed by atoms with van der Waals surface area (Å²) in [4.78, 5) is 13.3. The second-order valence-corrected chi connectivity index (χ2v) is 3.93. The van der Waals surface area contributed by atoms with E-state index < -0.39 is 5.97 Å². The summed E-state index contributed by atoms with van der Waals surface area (Å²) in [5.41, 5.74) is 7.38. The standard InChI is InChI=1S/C13H20N2O4/c1-2-19-13(18)10-3-4-12(11(14)9-10)15(5-7-16)6-8-17/h3-4,9,16-17H,2,5-8,14H2,1H3. The van der Waals surface area contributed by atoms with Crippen LogP contribution in [0.4, 0.5) is 11.4 Å². The second kappa shape index (κ2) is 7.60. The zero-order valence-corrected chi connectivity index (χ0v) is 11.0. The van der Waals surface area contributed by atoms with E-state index in [0.29, 0.717) is 36.6 Å². The molecule has 0 aliphatic carbocycles. The van der Waals surface area contributed by atoms with Crippen molar-refractivity contribution in [1.82, 2.24) is 0 Å². The third-order valence-electron chi connectivity index (χ3n) is 2.62. The van der Waals surface area contributed by atoms with E-state index in [0.717, 1.165) is 0 Å². The van der Waals surface area contributed by atoms with Gasteiger partial charge in [-0.15, -0.1) is 0 Å². The van der Waals surface area contributed by atoms with Gasteiger partial charge in [-0.05, 0) is 25.1 Å². The highest BCUT2D eigenvalue weighted by Crippen LogP contribution is 2.24. The van der Waals surface area contributed by atoms with Gasteiger partial charge in [0.15, 0.2) is 0 Å². The number of aliphatic hydroxyl groups is 2. The van der Waals surface area contributed by atoms with E-state index in [4.69, 9.17) is 20.7 Å². The number of ether oxygens (including phenoxy) is 1. The van der Waals surface area contributed by atoms with E-state index in [2.05, 4.69) is 0 Å². The van der Waals surface area contributed by atoms with Gasteiger partial charge >= 0.3 is 5.97 Å². The summed E-state index contributed by atoms with van der Waals surface area (Å²) in [6.45, 7) is 2.69. The van der Waals surface area contributed by atoms with Crippen molar-refractivity contribution in [3.05, 3.63) is 23.8 Å². The first kappa shape index (κ1) is 15.3.